The fourth-order valence-electron chi connectivity index (χ4n) is 5.52. The third-order valence-electron chi connectivity index (χ3n) is 8.22. The van der Waals surface area contributed by atoms with Gasteiger partial charge in [-0.1, -0.05) is 84.9 Å². The molecule has 0 aliphatic carbocycles. The van der Waals surface area contributed by atoms with Crippen molar-refractivity contribution in [3.05, 3.63) is 119 Å². The van der Waals surface area contributed by atoms with Crippen molar-refractivity contribution in [2.24, 2.45) is 0 Å². The summed E-state index contributed by atoms with van der Waals surface area (Å²) in [5.74, 6) is 0. The van der Waals surface area contributed by atoms with E-state index in [2.05, 4.69) is 135 Å². The maximum Gasteiger partial charge on any atom is 0.0833 e. The summed E-state index contributed by atoms with van der Waals surface area (Å²) >= 11 is 0. The topological polar surface area (TPSA) is 35.9 Å². The molecule has 0 heterocycles. The number of fused-ring (bicyclic) bond motifs is 1. The van der Waals surface area contributed by atoms with Crippen LogP contribution in [0.4, 0.5) is 0 Å². The van der Waals surface area contributed by atoms with E-state index in [9.17, 15) is 5.11 Å². The van der Waals surface area contributed by atoms with Gasteiger partial charge in [-0.05, 0) is 85.7 Å². The first-order valence-corrected chi connectivity index (χ1v) is 15.1. The lowest BCUT2D eigenvalue weighted by molar-refractivity contribution is 0.0767. The Morgan fingerprint density at radius 1 is 0.610 bits per heavy atom. The lowest BCUT2D eigenvalue weighted by atomic mass is 9.97. The molecule has 0 saturated carbocycles. The lowest BCUT2D eigenvalue weighted by Gasteiger charge is -2.28. The maximum absolute atomic E-state index is 11.1. The Hall–Kier alpha value is -3.02. The van der Waals surface area contributed by atoms with Gasteiger partial charge in [0.05, 0.1) is 12.2 Å². The largest absolute Gasteiger partial charge is 0.388 e. The van der Waals surface area contributed by atoms with Crippen molar-refractivity contribution in [3.8, 4) is 0 Å². The number of hydrogen-bond acceptors (Lipinski definition) is 4. The van der Waals surface area contributed by atoms with Gasteiger partial charge >= 0.3 is 0 Å². The van der Waals surface area contributed by atoms with Gasteiger partial charge in [-0.15, -0.1) is 0 Å². The molecule has 0 aliphatic heterocycles. The van der Waals surface area contributed by atoms with Crippen molar-refractivity contribution in [1.82, 2.24) is 9.80 Å². The second-order valence-corrected chi connectivity index (χ2v) is 11.8. The van der Waals surface area contributed by atoms with E-state index in [0.717, 1.165) is 43.5 Å². The normalized spacial score (nSPS) is 13.5. The first kappa shape index (κ1) is 30.9. The Morgan fingerprint density at radius 3 is 1.56 bits per heavy atom. The predicted octanol–water partition coefficient (Wildman–Crippen LogP) is 8.16. The van der Waals surface area contributed by atoms with E-state index >= 15 is 0 Å². The zero-order valence-corrected chi connectivity index (χ0v) is 25.5. The number of nitrogens with zero attached hydrogens (tertiary/aromatic N) is 2. The second-order valence-electron chi connectivity index (χ2n) is 11.8. The van der Waals surface area contributed by atoms with Crippen LogP contribution < -0.4 is 0 Å². The number of ether oxygens (including phenoxy) is 1. The van der Waals surface area contributed by atoms with Crippen LogP contribution in [-0.4, -0.2) is 47.2 Å². The van der Waals surface area contributed by atoms with Crippen LogP contribution in [0.25, 0.3) is 10.8 Å². The first-order valence-electron chi connectivity index (χ1n) is 15.1. The summed E-state index contributed by atoms with van der Waals surface area (Å²) in [6.45, 7) is 12.6. The lowest BCUT2D eigenvalue weighted by Crippen LogP contribution is -2.32. The number of hydrogen-bond donors (Lipinski definition) is 1. The van der Waals surface area contributed by atoms with Gasteiger partial charge in [0.25, 0.3) is 0 Å². The molecular formula is C37H48N2O2. The molecule has 0 bridgehead atoms. The summed E-state index contributed by atoms with van der Waals surface area (Å²) in [6.07, 6.45) is 1.18. The summed E-state index contributed by atoms with van der Waals surface area (Å²) in [5.41, 5.74) is 4.82. The van der Waals surface area contributed by atoms with E-state index in [1.54, 1.807) is 0 Å². The van der Waals surface area contributed by atoms with Crippen LogP contribution in [0.5, 0.6) is 0 Å². The standard InChI is InChI=1S/C37H48N2O2/c1-28(2)38(26-30-12-8-6-9-13-30)22-20-36(40)34-18-16-33-25-35(19-17-32(33)24-34)37(41-5)21-23-39(29(3)4)27-31-14-10-7-11-15-31/h6-19,24-25,28-29,36-37,40H,20-23,26-27H2,1-5H3. The van der Waals surface area contributed by atoms with Crippen molar-refractivity contribution in [1.29, 1.82) is 0 Å². The Bertz CT molecular complexity index is 1320. The van der Waals surface area contributed by atoms with Crippen molar-refractivity contribution in [2.75, 3.05) is 20.2 Å². The summed E-state index contributed by atoms with van der Waals surface area (Å²) in [5, 5.41) is 13.4. The molecule has 0 saturated heterocycles. The zero-order chi connectivity index (χ0) is 29.2. The highest BCUT2D eigenvalue weighted by Crippen LogP contribution is 2.28. The Morgan fingerprint density at radius 2 is 1.07 bits per heavy atom. The zero-order valence-electron chi connectivity index (χ0n) is 25.5. The Kier molecular flexibility index (Phi) is 11.5. The molecule has 4 heteroatoms. The first-order chi connectivity index (χ1) is 19.8. The SMILES string of the molecule is COC(CCN(Cc1ccccc1)C(C)C)c1ccc2cc(C(O)CCN(Cc3ccccc3)C(C)C)ccc2c1. The van der Waals surface area contributed by atoms with Crippen LogP contribution >= 0.6 is 0 Å². The average molecular weight is 553 g/mol. The van der Waals surface area contributed by atoms with Crippen LogP contribution in [-0.2, 0) is 17.8 Å². The van der Waals surface area contributed by atoms with Gasteiger partial charge in [-0.2, -0.15) is 0 Å². The monoisotopic (exact) mass is 552 g/mol. The summed E-state index contributed by atoms with van der Waals surface area (Å²) in [6, 6.07) is 35.1. The summed E-state index contributed by atoms with van der Waals surface area (Å²) in [4.78, 5) is 4.94. The van der Waals surface area contributed by atoms with Crippen LogP contribution in [0.3, 0.4) is 0 Å². The van der Waals surface area contributed by atoms with Gasteiger partial charge in [0, 0.05) is 45.4 Å². The van der Waals surface area contributed by atoms with E-state index in [1.807, 2.05) is 7.11 Å². The Balaban J connectivity index is 1.38. The minimum Gasteiger partial charge on any atom is -0.388 e. The van der Waals surface area contributed by atoms with Crippen molar-refractivity contribution in [2.45, 2.75) is 77.9 Å². The molecule has 0 aromatic heterocycles. The minimum absolute atomic E-state index is 0.0355. The molecule has 41 heavy (non-hydrogen) atoms. The molecule has 0 radical (unpaired) electrons. The van der Waals surface area contributed by atoms with E-state index in [1.165, 1.54) is 22.1 Å². The number of rotatable bonds is 15. The van der Waals surface area contributed by atoms with Crippen LogP contribution in [0, 0.1) is 0 Å². The molecule has 4 aromatic rings. The molecule has 2 unspecified atom stereocenters. The highest BCUT2D eigenvalue weighted by atomic mass is 16.5. The van der Waals surface area contributed by atoms with E-state index in [-0.39, 0.29) is 6.10 Å². The van der Waals surface area contributed by atoms with Crippen LogP contribution in [0.15, 0.2) is 97.1 Å². The maximum atomic E-state index is 11.1. The van der Waals surface area contributed by atoms with Gasteiger partial charge in [-0.25, -0.2) is 0 Å². The van der Waals surface area contributed by atoms with Crippen molar-refractivity contribution in [3.63, 3.8) is 0 Å². The third kappa shape index (κ3) is 8.98. The van der Waals surface area contributed by atoms with Gasteiger partial charge in [0.1, 0.15) is 0 Å². The molecular weight excluding hydrogens is 504 g/mol. The second kappa shape index (κ2) is 15.3. The van der Waals surface area contributed by atoms with Gasteiger partial charge in [-0.3, -0.25) is 9.80 Å². The molecule has 1 N–H and O–H groups in total. The molecule has 0 spiro atoms. The molecule has 4 rings (SSSR count). The fraction of sp³-hybridized carbons (Fsp3) is 0.405. The van der Waals surface area contributed by atoms with E-state index < -0.39 is 6.10 Å². The van der Waals surface area contributed by atoms with Gasteiger partial charge < -0.3 is 9.84 Å². The minimum atomic E-state index is -0.491. The highest BCUT2D eigenvalue weighted by molar-refractivity contribution is 5.84. The number of aliphatic hydroxyl groups excluding tert-OH is 1. The Labute approximate surface area is 247 Å². The molecule has 0 aliphatic rings. The molecule has 2 atom stereocenters. The predicted molar refractivity (Wildman–Crippen MR) is 172 cm³/mol. The molecule has 218 valence electrons. The number of aliphatic hydroxyl groups is 1. The number of methoxy groups -OCH3 is 1. The van der Waals surface area contributed by atoms with Crippen LogP contribution in [0.2, 0.25) is 0 Å². The smallest absolute Gasteiger partial charge is 0.0833 e. The fourth-order valence-corrected chi connectivity index (χ4v) is 5.52. The third-order valence-corrected chi connectivity index (χ3v) is 8.22. The van der Waals surface area contributed by atoms with Gasteiger partial charge in [0.2, 0.25) is 0 Å². The van der Waals surface area contributed by atoms with E-state index in [0.29, 0.717) is 18.5 Å². The average Bonchev–Trinajstić information content (AvgIpc) is 2.99. The van der Waals surface area contributed by atoms with Gasteiger partial charge in [0.15, 0.2) is 0 Å². The van der Waals surface area contributed by atoms with Crippen LogP contribution in [0.1, 0.15) is 75.0 Å². The summed E-state index contributed by atoms with van der Waals surface area (Å²) < 4.78 is 5.97. The molecule has 0 amide bonds. The quantitative estimate of drug-likeness (QED) is 0.161. The molecule has 4 nitrogen and oxygen atoms in total. The van der Waals surface area contributed by atoms with E-state index in [4.69, 9.17) is 4.74 Å². The summed E-state index contributed by atoms with van der Waals surface area (Å²) in [7, 11) is 1.81. The molecule has 0 fully saturated rings. The molecule has 4 aromatic carbocycles. The highest BCUT2D eigenvalue weighted by Gasteiger charge is 2.18. The van der Waals surface area contributed by atoms with Crippen molar-refractivity contribution < 1.29 is 9.84 Å². The number of benzene rings is 4. The van der Waals surface area contributed by atoms with Crippen molar-refractivity contribution >= 4 is 10.8 Å².